The van der Waals surface area contributed by atoms with Crippen molar-refractivity contribution in [2.24, 2.45) is 7.05 Å². The molecule has 0 saturated carbocycles. The van der Waals surface area contributed by atoms with E-state index < -0.39 is 6.04 Å². The molecule has 4 aromatic rings. The van der Waals surface area contributed by atoms with Gasteiger partial charge in [0.15, 0.2) is 5.82 Å². The van der Waals surface area contributed by atoms with Gasteiger partial charge >= 0.3 is 0 Å². The van der Waals surface area contributed by atoms with Gasteiger partial charge in [0.05, 0.1) is 34.8 Å². The van der Waals surface area contributed by atoms with Crippen LogP contribution in [0.2, 0.25) is 5.02 Å². The molecule has 2 N–H and O–H groups in total. The Kier molecular flexibility index (Phi) is 8.15. The molecule has 0 bridgehead atoms. The second-order valence-electron chi connectivity index (χ2n) is 11.2. The first kappa shape index (κ1) is 29.5. The molecule has 2 atom stereocenters. The summed E-state index contributed by atoms with van der Waals surface area (Å²) in [6.07, 6.45) is 3.06. The van der Waals surface area contributed by atoms with Gasteiger partial charge in [-0.05, 0) is 44.7 Å². The highest BCUT2D eigenvalue weighted by Crippen LogP contribution is 2.32. The largest absolute Gasteiger partial charge is 0.354 e. The van der Waals surface area contributed by atoms with Crippen LogP contribution >= 0.6 is 11.6 Å². The maximum absolute atomic E-state index is 13.6. The predicted molar refractivity (Wildman–Crippen MR) is 167 cm³/mol. The molecule has 14 heteroatoms. The minimum atomic E-state index is -0.687. The zero-order valence-electron chi connectivity index (χ0n) is 25.0. The van der Waals surface area contributed by atoms with Crippen LogP contribution in [0.5, 0.6) is 0 Å². The van der Waals surface area contributed by atoms with E-state index in [0.29, 0.717) is 40.2 Å². The lowest BCUT2D eigenvalue weighted by Crippen LogP contribution is -2.46. The van der Waals surface area contributed by atoms with E-state index in [9.17, 15) is 9.59 Å². The number of hydrogen-bond acceptors (Lipinski definition) is 10. The number of amides is 2. The van der Waals surface area contributed by atoms with Gasteiger partial charge in [0, 0.05) is 50.9 Å². The molecule has 13 nitrogen and oxygen atoms in total. The van der Waals surface area contributed by atoms with Crippen molar-refractivity contribution >= 4 is 41.0 Å². The number of nitrogens with zero attached hydrogens (tertiary/aromatic N) is 9. The van der Waals surface area contributed by atoms with Crippen molar-refractivity contribution in [3.63, 3.8) is 0 Å². The summed E-state index contributed by atoms with van der Waals surface area (Å²) in [4.78, 5) is 46.7. The molecule has 1 fully saturated rings. The minimum Gasteiger partial charge on any atom is -0.354 e. The lowest BCUT2D eigenvalue weighted by molar-refractivity contribution is -0.125. The average Bonchev–Trinajstić information content (AvgIpc) is 3.59. The molecule has 0 radical (unpaired) electrons. The Morgan fingerprint density at radius 3 is 2.57 bits per heavy atom. The average molecular weight is 616 g/mol. The Morgan fingerprint density at radius 1 is 1.02 bits per heavy atom. The maximum atomic E-state index is 13.6. The van der Waals surface area contributed by atoms with Gasteiger partial charge in [-0.2, -0.15) is 0 Å². The number of pyridine rings is 1. The van der Waals surface area contributed by atoms with Gasteiger partial charge < -0.3 is 25.3 Å². The number of aromatic nitrogens is 6. The van der Waals surface area contributed by atoms with Crippen LogP contribution in [0.4, 0.5) is 17.6 Å². The molecule has 0 aliphatic carbocycles. The number of piperazine rings is 1. The number of halogens is 1. The van der Waals surface area contributed by atoms with Crippen LogP contribution in [0.1, 0.15) is 41.5 Å². The van der Waals surface area contributed by atoms with E-state index in [2.05, 4.69) is 47.8 Å². The van der Waals surface area contributed by atoms with Crippen molar-refractivity contribution in [2.45, 2.75) is 32.5 Å². The number of nitrogens with one attached hydrogen (secondary N) is 2. The monoisotopic (exact) mass is 615 g/mol. The first-order chi connectivity index (χ1) is 21.2. The zero-order valence-corrected chi connectivity index (χ0v) is 25.8. The Labute approximate surface area is 260 Å². The molecule has 228 valence electrons. The minimum absolute atomic E-state index is 0.225. The quantitative estimate of drug-likeness (QED) is 0.304. The van der Waals surface area contributed by atoms with Crippen molar-refractivity contribution in [3.8, 4) is 11.3 Å². The first-order valence-corrected chi connectivity index (χ1v) is 14.8. The molecule has 1 saturated heterocycles. The number of likely N-dealkylation sites (N-methyl/N-ethyl adjacent to an activating group) is 1. The van der Waals surface area contributed by atoms with Crippen molar-refractivity contribution < 1.29 is 9.59 Å². The standard InChI is InChI=1S/C30H34ClN11O2/c1-18(24-6-5-7-25(35-24)41-12-10-39(3)11-13-41)34-28(43)19(2)42-17-21-9-8-20(14-22(21)29(42)44)27-23(31)15-32-30(37-27)36-26-16-33-38-40(26)4/h5-9,14-16,18-19H,10-13,17H2,1-4H3,(H,34,43)(H,32,36,37). The molecule has 0 spiro atoms. The molecule has 44 heavy (non-hydrogen) atoms. The summed E-state index contributed by atoms with van der Waals surface area (Å²) in [5.41, 5.74) is 3.25. The number of anilines is 3. The highest BCUT2D eigenvalue weighted by atomic mass is 35.5. The molecular formula is C30H34ClN11O2. The summed E-state index contributed by atoms with van der Waals surface area (Å²) in [6, 6.07) is 10.4. The van der Waals surface area contributed by atoms with Gasteiger partial charge in [-0.15, -0.1) is 5.10 Å². The van der Waals surface area contributed by atoms with E-state index in [1.54, 1.807) is 35.8 Å². The van der Waals surface area contributed by atoms with Crippen LogP contribution in [-0.4, -0.2) is 90.8 Å². The van der Waals surface area contributed by atoms with Crippen molar-refractivity contribution in [2.75, 3.05) is 43.4 Å². The van der Waals surface area contributed by atoms with Gasteiger partial charge in [0.2, 0.25) is 11.9 Å². The molecule has 5 heterocycles. The van der Waals surface area contributed by atoms with E-state index in [4.69, 9.17) is 16.6 Å². The smallest absolute Gasteiger partial charge is 0.255 e. The summed E-state index contributed by atoms with van der Waals surface area (Å²) in [7, 11) is 3.86. The van der Waals surface area contributed by atoms with E-state index in [-0.39, 0.29) is 17.9 Å². The number of aryl methyl sites for hydroxylation is 1. The number of hydrogen-bond donors (Lipinski definition) is 2. The molecule has 2 aliphatic heterocycles. The lowest BCUT2D eigenvalue weighted by Gasteiger charge is -2.33. The van der Waals surface area contributed by atoms with E-state index in [0.717, 1.165) is 43.3 Å². The van der Waals surface area contributed by atoms with Crippen LogP contribution in [0.25, 0.3) is 11.3 Å². The van der Waals surface area contributed by atoms with Crippen molar-refractivity contribution in [1.29, 1.82) is 0 Å². The second kappa shape index (κ2) is 12.2. The number of benzene rings is 1. The third-order valence-corrected chi connectivity index (χ3v) is 8.42. The maximum Gasteiger partial charge on any atom is 0.255 e. The fourth-order valence-corrected chi connectivity index (χ4v) is 5.57. The molecule has 2 amide bonds. The third kappa shape index (κ3) is 5.92. The number of carbonyl (C=O) groups is 2. The fraction of sp³-hybridized carbons (Fsp3) is 0.367. The highest BCUT2D eigenvalue weighted by molar-refractivity contribution is 6.33. The fourth-order valence-electron chi connectivity index (χ4n) is 5.37. The predicted octanol–water partition coefficient (Wildman–Crippen LogP) is 3.04. The number of fused-ring (bicyclic) bond motifs is 1. The SMILES string of the molecule is CC(NC(=O)C(C)N1Cc2ccc(-c3nc(Nc4cnnn4C)ncc3Cl)cc2C1=O)c1cccc(N2CCN(C)CC2)n1. The van der Waals surface area contributed by atoms with Crippen LogP contribution < -0.4 is 15.5 Å². The second-order valence-corrected chi connectivity index (χ2v) is 11.6. The summed E-state index contributed by atoms with van der Waals surface area (Å²) in [6.45, 7) is 7.77. The topological polar surface area (TPSA) is 137 Å². The molecular weight excluding hydrogens is 582 g/mol. The number of carbonyl (C=O) groups excluding carboxylic acids is 2. The van der Waals surface area contributed by atoms with Gasteiger partial charge in [-0.3, -0.25) is 9.59 Å². The summed E-state index contributed by atoms with van der Waals surface area (Å²) in [5.74, 6) is 1.36. The summed E-state index contributed by atoms with van der Waals surface area (Å²) < 4.78 is 1.56. The third-order valence-electron chi connectivity index (χ3n) is 8.15. The molecule has 2 aliphatic rings. The number of rotatable bonds is 8. The van der Waals surface area contributed by atoms with Crippen molar-refractivity contribution in [3.05, 3.63) is 70.6 Å². The normalized spacial score (nSPS) is 16.5. The van der Waals surface area contributed by atoms with E-state index in [1.165, 1.54) is 6.20 Å². The van der Waals surface area contributed by atoms with Gasteiger partial charge in [-0.25, -0.2) is 19.6 Å². The van der Waals surface area contributed by atoms with Gasteiger partial charge in [0.1, 0.15) is 11.9 Å². The summed E-state index contributed by atoms with van der Waals surface area (Å²) >= 11 is 6.47. The highest BCUT2D eigenvalue weighted by Gasteiger charge is 2.35. The lowest BCUT2D eigenvalue weighted by atomic mass is 10.0. The zero-order chi connectivity index (χ0) is 31.0. The summed E-state index contributed by atoms with van der Waals surface area (Å²) in [5, 5.41) is 14.2. The van der Waals surface area contributed by atoms with E-state index in [1.807, 2.05) is 37.3 Å². The first-order valence-electron chi connectivity index (χ1n) is 14.5. The van der Waals surface area contributed by atoms with Crippen molar-refractivity contribution in [1.82, 2.24) is 45.1 Å². The Hall–Kier alpha value is -4.62. The Morgan fingerprint density at radius 2 is 1.82 bits per heavy atom. The molecule has 6 rings (SSSR count). The van der Waals surface area contributed by atoms with Crippen LogP contribution in [0, 0.1) is 0 Å². The molecule has 2 unspecified atom stereocenters. The van der Waals surface area contributed by atoms with Gasteiger partial charge in [0.25, 0.3) is 5.91 Å². The van der Waals surface area contributed by atoms with Crippen LogP contribution in [-0.2, 0) is 18.4 Å². The van der Waals surface area contributed by atoms with Crippen LogP contribution in [0.3, 0.4) is 0 Å². The Bertz CT molecular complexity index is 1700. The van der Waals surface area contributed by atoms with Gasteiger partial charge in [-0.1, -0.05) is 35.0 Å². The molecule has 1 aromatic carbocycles. The van der Waals surface area contributed by atoms with E-state index >= 15 is 0 Å². The molecule has 3 aromatic heterocycles. The Balaban J connectivity index is 1.13. The van der Waals surface area contributed by atoms with Crippen LogP contribution in [0.15, 0.2) is 48.8 Å².